The monoisotopic (exact) mass is 590 g/mol. The number of amides is 3. The lowest BCUT2D eigenvalue weighted by atomic mass is 9.99. The third-order valence-electron chi connectivity index (χ3n) is 7.38. The normalized spacial score (nSPS) is 16.0. The van der Waals surface area contributed by atoms with Crippen molar-refractivity contribution in [2.24, 2.45) is 0 Å². The Hall–Kier alpha value is -4.02. The zero-order chi connectivity index (χ0) is 30.2. The molecule has 0 unspecified atom stereocenters. The number of aryl methyl sites for hydroxylation is 2. The fourth-order valence-corrected chi connectivity index (χ4v) is 6.04. The van der Waals surface area contributed by atoms with E-state index in [1.807, 2.05) is 81.4 Å². The number of hydrogen-bond donors (Lipinski definition) is 4. The number of carbonyl (C=O) groups excluding carboxylic acids is 3. The van der Waals surface area contributed by atoms with Crippen LogP contribution in [0.15, 0.2) is 66.7 Å². The van der Waals surface area contributed by atoms with Crippen LogP contribution in [0.5, 0.6) is 5.75 Å². The molecule has 0 aliphatic carbocycles. The van der Waals surface area contributed by atoms with Crippen LogP contribution in [-0.4, -0.2) is 64.2 Å². The minimum Gasteiger partial charge on any atom is -0.484 e. The fraction of sp³-hybridized carbons (Fsp3) is 0.344. The molecule has 3 amide bonds. The van der Waals surface area contributed by atoms with Gasteiger partial charge in [-0.25, -0.2) is 0 Å². The van der Waals surface area contributed by atoms with E-state index in [9.17, 15) is 19.5 Å². The van der Waals surface area contributed by atoms with Crippen LogP contribution in [0.4, 0.5) is 5.69 Å². The number of carbonyl (C=O) groups is 3. The van der Waals surface area contributed by atoms with Crippen LogP contribution in [0.2, 0.25) is 0 Å². The van der Waals surface area contributed by atoms with Gasteiger partial charge in [-0.15, -0.1) is 11.8 Å². The van der Waals surface area contributed by atoms with Crippen LogP contribution in [0, 0.1) is 20.8 Å². The average molecular weight is 591 g/mol. The summed E-state index contributed by atoms with van der Waals surface area (Å²) in [5, 5.41) is 17.0. The summed E-state index contributed by atoms with van der Waals surface area (Å²) < 4.78 is 5.72. The molecule has 3 aromatic rings. The minimum atomic E-state index is -1.57. The minimum absolute atomic E-state index is 0.218. The molecule has 1 heterocycles. The van der Waals surface area contributed by atoms with Gasteiger partial charge in [-0.1, -0.05) is 60.2 Å². The van der Waals surface area contributed by atoms with Gasteiger partial charge in [0, 0.05) is 18.0 Å². The maximum atomic E-state index is 13.6. The number of rotatable bonds is 11. The summed E-state index contributed by atoms with van der Waals surface area (Å²) in [5.74, 6) is -0.148. The Morgan fingerprint density at radius 2 is 1.83 bits per heavy atom. The first-order valence-corrected chi connectivity index (χ1v) is 15.0. The van der Waals surface area contributed by atoms with Gasteiger partial charge in [-0.2, -0.15) is 0 Å². The highest BCUT2D eigenvalue weighted by Crippen LogP contribution is 2.24. The molecule has 0 aromatic heterocycles. The van der Waals surface area contributed by atoms with Crippen LogP contribution >= 0.6 is 11.8 Å². The molecule has 222 valence electrons. The number of nitrogens with two attached hydrogens (primary N) is 1. The molecule has 10 heteroatoms. The Balaban J connectivity index is 1.43. The lowest BCUT2D eigenvalue weighted by molar-refractivity contribution is -0.146. The molecule has 4 rings (SSSR count). The van der Waals surface area contributed by atoms with E-state index in [0.717, 1.165) is 27.8 Å². The summed E-state index contributed by atoms with van der Waals surface area (Å²) in [6.07, 6.45) is -1.35. The van der Waals surface area contributed by atoms with E-state index >= 15 is 0 Å². The number of nitrogen functional groups attached to an aromatic ring is 1. The number of anilines is 1. The number of aliphatic hydroxyl groups excluding tert-OH is 1. The topological polar surface area (TPSA) is 134 Å². The Labute approximate surface area is 250 Å². The third kappa shape index (κ3) is 7.83. The van der Waals surface area contributed by atoms with E-state index in [1.165, 1.54) is 16.7 Å². The van der Waals surface area contributed by atoms with Gasteiger partial charge >= 0.3 is 0 Å². The number of benzene rings is 3. The van der Waals surface area contributed by atoms with E-state index in [0.29, 0.717) is 17.2 Å². The van der Waals surface area contributed by atoms with Gasteiger partial charge < -0.3 is 31.1 Å². The van der Waals surface area contributed by atoms with Gasteiger partial charge in [0.1, 0.15) is 11.8 Å². The Morgan fingerprint density at radius 1 is 1.07 bits per heavy atom. The molecular weight excluding hydrogens is 552 g/mol. The van der Waals surface area contributed by atoms with Crippen molar-refractivity contribution in [3.8, 4) is 5.75 Å². The number of aliphatic hydroxyl groups is 1. The first-order chi connectivity index (χ1) is 20.1. The third-order valence-corrected chi connectivity index (χ3v) is 8.39. The van der Waals surface area contributed by atoms with Gasteiger partial charge in [0.05, 0.1) is 11.9 Å². The van der Waals surface area contributed by atoms with Crippen molar-refractivity contribution < 1.29 is 24.2 Å². The van der Waals surface area contributed by atoms with Crippen LogP contribution in [0.3, 0.4) is 0 Å². The van der Waals surface area contributed by atoms with E-state index in [1.54, 1.807) is 6.07 Å². The van der Waals surface area contributed by atoms with Crippen LogP contribution in [-0.2, 0) is 27.3 Å². The summed E-state index contributed by atoms with van der Waals surface area (Å²) in [4.78, 5) is 41.0. The van der Waals surface area contributed by atoms with Gasteiger partial charge in [-0.3, -0.25) is 14.4 Å². The molecule has 0 saturated carbocycles. The first-order valence-electron chi connectivity index (χ1n) is 13.9. The van der Waals surface area contributed by atoms with Crippen LogP contribution in [0.25, 0.3) is 0 Å². The lowest BCUT2D eigenvalue weighted by Gasteiger charge is -2.30. The zero-order valence-corrected chi connectivity index (χ0v) is 24.9. The van der Waals surface area contributed by atoms with Gasteiger partial charge in [0.15, 0.2) is 12.7 Å². The highest BCUT2D eigenvalue weighted by atomic mass is 32.2. The van der Waals surface area contributed by atoms with Gasteiger partial charge in [0.2, 0.25) is 5.91 Å². The van der Waals surface area contributed by atoms with Crippen molar-refractivity contribution in [2.75, 3.05) is 24.0 Å². The molecule has 1 saturated heterocycles. The number of nitrogens with one attached hydrogen (secondary N) is 2. The second kappa shape index (κ2) is 14.2. The van der Waals surface area contributed by atoms with E-state index in [-0.39, 0.29) is 31.4 Å². The summed E-state index contributed by atoms with van der Waals surface area (Å²) in [6, 6.07) is 18.8. The molecule has 0 bridgehead atoms. The summed E-state index contributed by atoms with van der Waals surface area (Å²) >= 11 is 1.44. The molecule has 9 nitrogen and oxygen atoms in total. The van der Waals surface area contributed by atoms with Crippen LogP contribution < -0.4 is 21.1 Å². The molecule has 3 aromatic carbocycles. The van der Waals surface area contributed by atoms with Gasteiger partial charge in [0.25, 0.3) is 11.8 Å². The second-order valence-electron chi connectivity index (χ2n) is 10.5. The molecule has 1 aliphatic rings. The lowest BCUT2D eigenvalue weighted by Crippen LogP contribution is -2.56. The van der Waals surface area contributed by atoms with Crippen molar-refractivity contribution in [2.45, 2.75) is 51.9 Å². The van der Waals surface area contributed by atoms with Crippen molar-refractivity contribution in [3.63, 3.8) is 0 Å². The molecule has 42 heavy (non-hydrogen) atoms. The largest absolute Gasteiger partial charge is 0.484 e. The Morgan fingerprint density at radius 3 is 2.57 bits per heavy atom. The summed E-state index contributed by atoms with van der Waals surface area (Å²) in [5.41, 5.74) is 11.2. The van der Waals surface area contributed by atoms with Crippen LogP contribution in [0.1, 0.15) is 27.8 Å². The predicted molar refractivity (Wildman–Crippen MR) is 165 cm³/mol. The quantitative estimate of drug-likeness (QED) is 0.252. The molecule has 3 atom stereocenters. The smallest absolute Gasteiger partial charge is 0.258 e. The molecular formula is C32H38N4O5S. The molecule has 0 radical (unpaired) electrons. The Kier molecular flexibility index (Phi) is 10.5. The highest BCUT2D eigenvalue weighted by Gasteiger charge is 2.40. The zero-order valence-electron chi connectivity index (χ0n) is 24.1. The maximum absolute atomic E-state index is 13.6. The maximum Gasteiger partial charge on any atom is 0.258 e. The van der Waals surface area contributed by atoms with E-state index < -0.39 is 30.0 Å². The van der Waals surface area contributed by atoms with Crippen molar-refractivity contribution in [1.29, 1.82) is 0 Å². The van der Waals surface area contributed by atoms with Gasteiger partial charge in [-0.05, 0) is 61.6 Å². The van der Waals surface area contributed by atoms with Crippen molar-refractivity contribution >= 4 is 35.2 Å². The fourth-order valence-electron chi connectivity index (χ4n) is 4.88. The second-order valence-corrected chi connectivity index (χ2v) is 11.5. The number of ether oxygens (including phenoxy) is 1. The molecule has 1 fully saturated rings. The Bertz CT molecular complexity index is 1420. The number of nitrogens with zero attached hydrogens (tertiary/aromatic N) is 1. The molecule has 0 spiro atoms. The van der Waals surface area contributed by atoms with E-state index in [4.69, 9.17) is 10.5 Å². The summed E-state index contributed by atoms with van der Waals surface area (Å²) in [7, 11) is 0. The molecule has 5 N–H and O–H groups in total. The van der Waals surface area contributed by atoms with Crippen molar-refractivity contribution in [3.05, 3.63) is 94.5 Å². The highest BCUT2D eigenvalue weighted by molar-refractivity contribution is 7.99. The van der Waals surface area contributed by atoms with Crippen molar-refractivity contribution in [1.82, 2.24) is 15.5 Å². The summed E-state index contributed by atoms with van der Waals surface area (Å²) in [6.45, 7) is 5.77. The first kappa shape index (κ1) is 30.9. The SMILES string of the molecule is Cc1ccc(OCC(=O)N[C@@H](Cc2ccccc2)[C@H](O)C(=O)N2CSC[C@H]2C(=O)NCc2cccc(N)c2C)c(C)c1. The number of thioether (sulfide) groups is 1. The molecule has 1 aliphatic heterocycles. The average Bonchev–Trinajstić information content (AvgIpc) is 3.47. The standard InChI is InChI=1S/C32H38N4O5S/c1-20-12-13-28(21(2)14-20)41-17-29(37)35-26(15-23-8-5-4-6-9-23)30(38)32(40)36-19-42-18-27(36)31(39)34-16-24-10-7-11-25(33)22(24)3/h4-14,26-27,30,38H,15-19,33H2,1-3H3,(H,34,39)(H,35,37)/t26-,27-,30-/m0/s1. The predicted octanol–water partition coefficient (Wildman–Crippen LogP) is 2.88. The number of hydrogen-bond acceptors (Lipinski definition) is 7. The van der Waals surface area contributed by atoms with E-state index in [2.05, 4.69) is 10.6 Å².